The average Bonchev–Trinajstić information content (AvgIpc) is 3.25. The van der Waals surface area contributed by atoms with Crippen LogP contribution in [0.25, 0.3) is 0 Å². The van der Waals surface area contributed by atoms with E-state index in [4.69, 9.17) is 18.9 Å². The molecule has 1 aliphatic rings. The summed E-state index contributed by atoms with van der Waals surface area (Å²) in [5.41, 5.74) is 5.73. The van der Waals surface area contributed by atoms with Gasteiger partial charge in [-0.15, -0.1) is 0 Å². The molecule has 0 saturated carbocycles. The van der Waals surface area contributed by atoms with Crippen LogP contribution in [0, 0.1) is 0 Å². The molecule has 2 N–H and O–H groups in total. The molecule has 0 amide bonds. The molecular weight excluding hydrogens is 697 g/mol. The van der Waals surface area contributed by atoms with Crippen molar-refractivity contribution < 1.29 is 29.2 Å². The lowest BCUT2D eigenvalue weighted by Crippen LogP contribution is -2.52. The molecule has 1 aliphatic heterocycles. The van der Waals surface area contributed by atoms with Crippen LogP contribution >= 0.6 is 0 Å². The highest BCUT2D eigenvalue weighted by atomic mass is 16.6. The van der Waals surface area contributed by atoms with Crippen molar-refractivity contribution >= 4 is 0 Å². The summed E-state index contributed by atoms with van der Waals surface area (Å²) >= 11 is 0. The van der Waals surface area contributed by atoms with Crippen molar-refractivity contribution in [2.24, 2.45) is 0 Å². The fourth-order valence-corrected chi connectivity index (χ4v) is 7.68. The predicted octanol–water partition coefficient (Wildman–Crippen LogP) is 10.9. The number of hydrogen-bond acceptors (Lipinski definition) is 6. The molecule has 7 aromatic carbocycles. The molecule has 3 atom stereocenters. The van der Waals surface area contributed by atoms with Crippen molar-refractivity contribution in [2.75, 3.05) is 0 Å². The smallest absolute Gasteiger partial charge is 0.157 e. The van der Waals surface area contributed by atoms with Gasteiger partial charge in [0.1, 0.15) is 36.1 Å². The molecular formula is C50H44O6. The lowest BCUT2D eigenvalue weighted by Gasteiger charge is -2.50. The molecule has 0 aliphatic carbocycles. The van der Waals surface area contributed by atoms with Gasteiger partial charge in [0.05, 0.1) is 6.61 Å². The third-order valence-corrected chi connectivity index (χ3v) is 10.4. The van der Waals surface area contributed by atoms with Gasteiger partial charge in [0.15, 0.2) is 17.6 Å². The zero-order chi connectivity index (χ0) is 38.2. The molecule has 7 aromatic rings. The van der Waals surface area contributed by atoms with Crippen LogP contribution in [0.15, 0.2) is 182 Å². The number of phenols is 2. The van der Waals surface area contributed by atoms with Gasteiger partial charge in [-0.25, -0.2) is 0 Å². The second-order valence-electron chi connectivity index (χ2n) is 14.3. The van der Waals surface area contributed by atoms with E-state index in [0.717, 1.165) is 33.4 Å². The average molecular weight is 741 g/mol. The van der Waals surface area contributed by atoms with E-state index >= 15 is 0 Å². The van der Waals surface area contributed by atoms with E-state index in [1.807, 2.05) is 103 Å². The maximum atomic E-state index is 11.0. The summed E-state index contributed by atoms with van der Waals surface area (Å²) in [7, 11) is 0. The van der Waals surface area contributed by atoms with E-state index in [9.17, 15) is 10.2 Å². The maximum absolute atomic E-state index is 11.0. The number of aromatic hydroxyl groups is 2. The van der Waals surface area contributed by atoms with Gasteiger partial charge in [0.2, 0.25) is 0 Å². The lowest BCUT2D eigenvalue weighted by molar-refractivity contribution is -0.152. The topological polar surface area (TPSA) is 77.4 Å². The van der Waals surface area contributed by atoms with Crippen molar-refractivity contribution in [3.8, 4) is 28.7 Å². The van der Waals surface area contributed by atoms with Gasteiger partial charge >= 0.3 is 0 Å². The zero-order valence-electron chi connectivity index (χ0n) is 31.0. The van der Waals surface area contributed by atoms with E-state index in [0.29, 0.717) is 55.5 Å². The van der Waals surface area contributed by atoms with Gasteiger partial charge in [-0.05, 0) is 51.9 Å². The van der Waals surface area contributed by atoms with Crippen LogP contribution in [0.2, 0.25) is 0 Å². The summed E-state index contributed by atoms with van der Waals surface area (Å²) in [4.78, 5) is 0. The first-order valence-electron chi connectivity index (χ1n) is 19.0. The number of phenolic OH excluding ortho intramolecular Hbond substituents is 2. The fourth-order valence-electron chi connectivity index (χ4n) is 7.68. The van der Waals surface area contributed by atoms with Crippen LogP contribution in [-0.4, -0.2) is 15.8 Å². The number of benzene rings is 7. The highest BCUT2D eigenvalue weighted by Gasteiger charge is 2.55. The van der Waals surface area contributed by atoms with Crippen molar-refractivity contribution in [1.82, 2.24) is 0 Å². The Labute approximate surface area is 328 Å². The number of hydrogen-bond donors (Lipinski definition) is 2. The zero-order valence-corrected chi connectivity index (χ0v) is 31.0. The highest BCUT2D eigenvalue weighted by molar-refractivity contribution is 5.57. The van der Waals surface area contributed by atoms with Crippen molar-refractivity contribution in [2.45, 2.75) is 50.3 Å². The van der Waals surface area contributed by atoms with E-state index in [-0.39, 0.29) is 17.4 Å². The number of fused-ring (bicyclic) bond motifs is 1. The van der Waals surface area contributed by atoms with Crippen molar-refractivity contribution in [3.05, 3.63) is 221 Å². The van der Waals surface area contributed by atoms with Crippen LogP contribution in [0.4, 0.5) is 0 Å². The minimum Gasteiger partial charge on any atom is -0.504 e. The monoisotopic (exact) mass is 740 g/mol. The second kappa shape index (κ2) is 16.9. The first-order valence-corrected chi connectivity index (χ1v) is 19.0. The largest absolute Gasteiger partial charge is 0.504 e. The van der Waals surface area contributed by atoms with Crippen LogP contribution in [0.3, 0.4) is 0 Å². The Hall–Kier alpha value is -6.50. The molecule has 56 heavy (non-hydrogen) atoms. The third-order valence-electron chi connectivity index (χ3n) is 10.4. The summed E-state index contributed by atoms with van der Waals surface area (Å²) in [6.45, 7) is 0.995. The van der Waals surface area contributed by atoms with Crippen molar-refractivity contribution in [3.63, 3.8) is 0 Å². The van der Waals surface area contributed by atoms with Gasteiger partial charge < -0.3 is 29.2 Å². The van der Waals surface area contributed by atoms with Gasteiger partial charge in [-0.3, -0.25) is 0 Å². The predicted molar refractivity (Wildman–Crippen MR) is 218 cm³/mol. The van der Waals surface area contributed by atoms with E-state index in [2.05, 4.69) is 60.7 Å². The summed E-state index contributed by atoms with van der Waals surface area (Å²) < 4.78 is 28.0. The van der Waals surface area contributed by atoms with Crippen LogP contribution in [0.1, 0.15) is 51.0 Å². The molecule has 0 saturated heterocycles. The molecule has 0 fully saturated rings. The fraction of sp³-hybridized carbons (Fsp3) is 0.160. The van der Waals surface area contributed by atoms with Crippen LogP contribution < -0.4 is 14.2 Å². The maximum Gasteiger partial charge on any atom is 0.157 e. The summed E-state index contributed by atoms with van der Waals surface area (Å²) in [6, 6.07) is 59.9. The first-order chi connectivity index (χ1) is 27.5. The Morgan fingerprint density at radius 1 is 0.500 bits per heavy atom. The number of ether oxygens (including phenoxy) is 4. The highest BCUT2D eigenvalue weighted by Crippen LogP contribution is 2.57. The normalized spacial score (nSPS) is 17.4. The summed E-state index contributed by atoms with van der Waals surface area (Å²) in [5, 5.41) is 21.4. The molecule has 6 nitrogen and oxygen atoms in total. The van der Waals surface area contributed by atoms with Gasteiger partial charge in [-0.1, -0.05) is 158 Å². The molecule has 0 radical (unpaired) electrons. The van der Waals surface area contributed by atoms with Gasteiger partial charge in [0, 0.05) is 30.0 Å². The standard InChI is InChI=1S/C50H44O6/c51-44-27-26-41(29-45(44)52)49-50(32-37-18-8-2-9-19-37,55-35-40-24-14-5-15-25-40)43(28-36-16-6-1-7-17-36)48-46(54-34-39-22-12-4-13-23-39)30-42(31-47(48)56-49)53-33-38-20-10-3-11-21-38/h1-27,29-31,43,49,51-52H,28,32-35H2/t43?,49-,50-/m1/s1. The number of rotatable bonds is 14. The Balaban J connectivity index is 1.35. The van der Waals surface area contributed by atoms with E-state index in [1.165, 1.54) is 6.07 Å². The summed E-state index contributed by atoms with van der Waals surface area (Å²) in [5.74, 6) is 1.06. The van der Waals surface area contributed by atoms with Crippen molar-refractivity contribution in [1.29, 1.82) is 0 Å². The van der Waals surface area contributed by atoms with Gasteiger partial charge in [0.25, 0.3) is 0 Å². The van der Waals surface area contributed by atoms with Gasteiger partial charge in [-0.2, -0.15) is 0 Å². The molecule has 6 heteroatoms. The van der Waals surface area contributed by atoms with E-state index in [1.54, 1.807) is 12.1 Å². The molecule has 1 unspecified atom stereocenters. The Morgan fingerprint density at radius 3 is 1.59 bits per heavy atom. The Bertz CT molecular complexity index is 2320. The second-order valence-corrected chi connectivity index (χ2v) is 14.3. The lowest BCUT2D eigenvalue weighted by atomic mass is 9.68. The Morgan fingerprint density at radius 2 is 1.02 bits per heavy atom. The molecule has 1 heterocycles. The quantitative estimate of drug-likeness (QED) is 0.108. The van der Waals surface area contributed by atoms with E-state index < -0.39 is 11.7 Å². The first kappa shape index (κ1) is 36.5. The molecule has 280 valence electrons. The SMILES string of the molecule is Oc1ccc([C@H]2Oc3cc(OCc4ccccc4)cc(OCc4ccccc4)c3C(Cc3ccccc3)[C@@]2(Cc2ccccc2)OCc2ccccc2)cc1O. The minimum absolute atomic E-state index is 0.210. The minimum atomic E-state index is -1.07. The van der Waals surface area contributed by atoms with Crippen LogP contribution in [0.5, 0.6) is 28.7 Å². The third kappa shape index (κ3) is 8.26. The molecule has 0 aromatic heterocycles. The molecule has 0 spiro atoms. The molecule has 8 rings (SSSR count). The Kier molecular flexibility index (Phi) is 11.0. The summed E-state index contributed by atoms with van der Waals surface area (Å²) in [6.07, 6.45) is 0.310. The molecule has 0 bridgehead atoms. The van der Waals surface area contributed by atoms with Crippen LogP contribution in [-0.2, 0) is 37.4 Å².